The Morgan fingerprint density at radius 1 is 1.26 bits per heavy atom. The zero-order chi connectivity index (χ0) is 13.7. The first-order valence-corrected chi connectivity index (χ1v) is 8.65. The van der Waals surface area contributed by atoms with Gasteiger partial charge in [0.1, 0.15) is 0 Å². The van der Waals surface area contributed by atoms with Crippen molar-refractivity contribution in [3.8, 4) is 0 Å². The normalized spacial score (nSPS) is 19.1. The standard InChI is InChI=1S/C15H22O3S/c1-18-11-4-5-12-19(16,17)15-10-6-8-13-7-2-3-9-14(13)15/h2-3,7,9,15H,4-6,8,10-12H2,1H3/t15-/m1/s1. The van der Waals surface area contributed by atoms with Crippen molar-refractivity contribution in [3.05, 3.63) is 35.4 Å². The molecule has 0 spiro atoms. The Hall–Kier alpha value is -0.870. The van der Waals surface area contributed by atoms with E-state index in [1.54, 1.807) is 7.11 Å². The molecule has 106 valence electrons. The highest BCUT2D eigenvalue weighted by molar-refractivity contribution is 7.91. The Labute approximate surface area is 115 Å². The lowest BCUT2D eigenvalue weighted by atomic mass is 9.91. The number of rotatable bonds is 6. The molecule has 1 aliphatic carbocycles. The van der Waals surface area contributed by atoms with Crippen molar-refractivity contribution in [2.45, 2.75) is 37.4 Å². The van der Waals surface area contributed by atoms with Crippen molar-refractivity contribution in [2.24, 2.45) is 0 Å². The number of ether oxygens (including phenoxy) is 1. The second kappa shape index (κ2) is 6.53. The van der Waals surface area contributed by atoms with Gasteiger partial charge >= 0.3 is 0 Å². The number of hydrogen-bond donors (Lipinski definition) is 0. The minimum Gasteiger partial charge on any atom is -0.385 e. The molecule has 3 nitrogen and oxygen atoms in total. The highest BCUT2D eigenvalue weighted by Crippen LogP contribution is 2.36. The Bertz CT molecular complexity index is 508. The number of unbranched alkanes of at least 4 members (excludes halogenated alkanes) is 1. The quantitative estimate of drug-likeness (QED) is 0.754. The highest BCUT2D eigenvalue weighted by Gasteiger charge is 2.30. The van der Waals surface area contributed by atoms with E-state index in [1.807, 2.05) is 18.2 Å². The first-order chi connectivity index (χ1) is 9.15. The molecule has 1 aromatic rings. The van der Waals surface area contributed by atoms with Gasteiger partial charge in [0.05, 0.1) is 11.0 Å². The summed E-state index contributed by atoms with van der Waals surface area (Å²) in [7, 11) is -1.39. The fraction of sp³-hybridized carbons (Fsp3) is 0.600. The van der Waals surface area contributed by atoms with Crippen LogP contribution < -0.4 is 0 Å². The number of sulfone groups is 1. The number of fused-ring (bicyclic) bond motifs is 1. The summed E-state index contributed by atoms with van der Waals surface area (Å²) in [5, 5.41) is -0.292. The summed E-state index contributed by atoms with van der Waals surface area (Å²) in [6.07, 6.45) is 4.24. The molecule has 0 aromatic heterocycles. The predicted molar refractivity (Wildman–Crippen MR) is 77.0 cm³/mol. The van der Waals surface area contributed by atoms with Gasteiger partial charge in [0.25, 0.3) is 0 Å². The molecule has 4 heteroatoms. The van der Waals surface area contributed by atoms with Crippen LogP contribution in [-0.4, -0.2) is 27.9 Å². The minimum absolute atomic E-state index is 0.273. The van der Waals surface area contributed by atoms with Crippen LogP contribution in [0.2, 0.25) is 0 Å². The van der Waals surface area contributed by atoms with E-state index in [0.29, 0.717) is 13.0 Å². The van der Waals surface area contributed by atoms with Crippen LogP contribution in [0.3, 0.4) is 0 Å². The Kier molecular flexibility index (Phi) is 4.99. The summed E-state index contributed by atoms with van der Waals surface area (Å²) in [5.41, 5.74) is 2.24. The van der Waals surface area contributed by atoms with Gasteiger partial charge in [-0.25, -0.2) is 8.42 Å². The minimum atomic E-state index is -3.03. The van der Waals surface area contributed by atoms with E-state index < -0.39 is 9.84 Å². The van der Waals surface area contributed by atoms with Crippen LogP contribution in [0.5, 0.6) is 0 Å². The van der Waals surface area contributed by atoms with E-state index in [-0.39, 0.29) is 11.0 Å². The van der Waals surface area contributed by atoms with E-state index >= 15 is 0 Å². The summed E-state index contributed by atoms with van der Waals surface area (Å²) in [4.78, 5) is 0. The van der Waals surface area contributed by atoms with Gasteiger partial charge in [-0.05, 0) is 43.2 Å². The number of aryl methyl sites for hydroxylation is 1. The molecule has 19 heavy (non-hydrogen) atoms. The van der Waals surface area contributed by atoms with Crippen LogP contribution >= 0.6 is 0 Å². The second-order valence-electron chi connectivity index (χ2n) is 5.15. The zero-order valence-electron chi connectivity index (χ0n) is 11.5. The van der Waals surface area contributed by atoms with Gasteiger partial charge < -0.3 is 4.74 Å². The van der Waals surface area contributed by atoms with Crippen LogP contribution in [-0.2, 0) is 21.0 Å². The smallest absolute Gasteiger partial charge is 0.157 e. The molecule has 0 aliphatic heterocycles. The van der Waals surface area contributed by atoms with Crippen LogP contribution in [0, 0.1) is 0 Å². The molecule has 0 bridgehead atoms. The Morgan fingerprint density at radius 3 is 2.84 bits per heavy atom. The number of methoxy groups -OCH3 is 1. The van der Waals surface area contributed by atoms with Gasteiger partial charge in [0.2, 0.25) is 0 Å². The molecule has 0 unspecified atom stereocenters. The topological polar surface area (TPSA) is 43.4 Å². The molecule has 0 amide bonds. The summed E-state index contributed by atoms with van der Waals surface area (Å²) in [6.45, 7) is 0.636. The molecule has 0 saturated heterocycles. The Balaban J connectivity index is 2.09. The lowest BCUT2D eigenvalue weighted by Crippen LogP contribution is -2.21. The van der Waals surface area contributed by atoms with Crippen LogP contribution in [0.15, 0.2) is 24.3 Å². The van der Waals surface area contributed by atoms with E-state index in [2.05, 4.69) is 6.07 Å². The van der Waals surface area contributed by atoms with E-state index in [0.717, 1.165) is 31.2 Å². The van der Waals surface area contributed by atoms with E-state index in [9.17, 15) is 8.42 Å². The fourth-order valence-electron chi connectivity index (χ4n) is 2.77. The molecular weight excluding hydrogens is 260 g/mol. The molecular formula is C15H22O3S. The van der Waals surface area contributed by atoms with Crippen molar-refractivity contribution in [1.82, 2.24) is 0 Å². The van der Waals surface area contributed by atoms with Crippen molar-refractivity contribution in [3.63, 3.8) is 0 Å². The average molecular weight is 282 g/mol. The summed E-state index contributed by atoms with van der Waals surface area (Å²) >= 11 is 0. The third-order valence-corrected chi connectivity index (χ3v) is 5.99. The molecule has 0 heterocycles. The number of hydrogen-bond acceptors (Lipinski definition) is 3. The van der Waals surface area contributed by atoms with Gasteiger partial charge in [-0.3, -0.25) is 0 Å². The monoisotopic (exact) mass is 282 g/mol. The largest absolute Gasteiger partial charge is 0.385 e. The SMILES string of the molecule is COCCCCS(=O)(=O)[C@@H]1CCCc2ccccc21. The van der Waals surface area contributed by atoms with Crippen LogP contribution in [0.4, 0.5) is 0 Å². The maximum absolute atomic E-state index is 12.5. The van der Waals surface area contributed by atoms with Gasteiger partial charge in [-0.2, -0.15) is 0 Å². The molecule has 2 rings (SSSR count). The van der Waals surface area contributed by atoms with Crippen molar-refractivity contribution >= 4 is 9.84 Å². The maximum Gasteiger partial charge on any atom is 0.157 e. The molecule has 1 aliphatic rings. The zero-order valence-corrected chi connectivity index (χ0v) is 12.3. The Morgan fingerprint density at radius 2 is 2.05 bits per heavy atom. The van der Waals surface area contributed by atoms with Gasteiger partial charge in [0.15, 0.2) is 9.84 Å². The fourth-order valence-corrected chi connectivity index (χ4v) is 4.81. The first-order valence-electron chi connectivity index (χ1n) is 6.93. The van der Waals surface area contributed by atoms with Crippen LogP contribution in [0.1, 0.15) is 42.1 Å². The van der Waals surface area contributed by atoms with Crippen LogP contribution in [0.25, 0.3) is 0 Å². The summed E-state index contributed by atoms with van der Waals surface area (Å²) < 4.78 is 29.9. The molecule has 0 N–H and O–H groups in total. The summed E-state index contributed by atoms with van der Waals surface area (Å²) in [5.74, 6) is 0.273. The molecule has 0 radical (unpaired) electrons. The van der Waals surface area contributed by atoms with E-state index in [1.165, 1.54) is 5.56 Å². The highest BCUT2D eigenvalue weighted by atomic mass is 32.2. The molecule has 0 saturated carbocycles. The molecule has 0 fully saturated rings. The number of benzene rings is 1. The van der Waals surface area contributed by atoms with Gasteiger partial charge in [-0.15, -0.1) is 0 Å². The lowest BCUT2D eigenvalue weighted by Gasteiger charge is -2.25. The third-order valence-electron chi connectivity index (χ3n) is 3.78. The van der Waals surface area contributed by atoms with Crippen molar-refractivity contribution in [2.75, 3.05) is 19.5 Å². The maximum atomic E-state index is 12.5. The first kappa shape index (κ1) is 14.5. The van der Waals surface area contributed by atoms with Gasteiger partial charge in [-0.1, -0.05) is 24.3 Å². The van der Waals surface area contributed by atoms with E-state index in [4.69, 9.17) is 4.74 Å². The second-order valence-corrected chi connectivity index (χ2v) is 7.45. The summed E-state index contributed by atoms with van der Waals surface area (Å²) in [6, 6.07) is 7.97. The predicted octanol–water partition coefficient (Wildman–Crippen LogP) is 2.91. The van der Waals surface area contributed by atoms with Gasteiger partial charge in [0, 0.05) is 13.7 Å². The average Bonchev–Trinajstić information content (AvgIpc) is 2.43. The van der Waals surface area contributed by atoms with Crippen molar-refractivity contribution < 1.29 is 13.2 Å². The molecule has 1 aromatic carbocycles. The third kappa shape index (κ3) is 3.57. The van der Waals surface area contributed by atoms with Crippen molar-refractivity contribution in [1.29, 1.82) is 0 Å². The molecule has 1 atom stereocenters. The lowest BCUT2D eigenvalue weighted by molar-refractivity contribution is 0.194.